The maximum absolute atomic E-state index is 4.30. The van der Waals surface area contributed by atoms with Gasteiger partial charge in [-0.25, -0.2) is 4.98 Å². The van der Waals surface area contributed by atoms with E-state index in [1.165, 1.54) is 0 Å². The summed E-state index contributed by atoms with van der Waals surface area (Å²) in [6, 6.07) is 0.485. The second-order valence-corrected chi connectivity index (χ2v) is 4.57. The smallest absolute Gasteiger partial charge is 0.138 e. The van der Waals surface area contributed by atoms with Gasteiger partial charge in [0.05, 0.1) is 0 Å². The van der Waals surface area contributed by atoms with Crippen LogP contribution in [0.25, 0.3) is 0 Å². The zero-order valence-corrected chi connectivity index (χ0v) is 12.2. The van der Waals surface area contributed by atoms with Crippen LogP contribution in [0.1, 0.15) is 33.0 Å². The number of aryl methyl sites for hydroxylation is 1. The average Bonchev–Trinajstić information content (AvgIpc) is 2.76. The number of nitrogens with zero attached hydrogens (tertiary/aromatic N) is 4. The van der Waals surface area contributed by atoms with Gasteiger partial charge in [0.25, 0.3) is 0 Å². The van der Waals surface area contributed by atoms with Crippen molar-refractivity contribution in [2.75, 3.05) is 26.2 Å². The van der Waals surface area contributed by atoms with Gasteiger partial charge in [-0.2, -0.15) is 5.10 Å². The predicted molar refractivity (Wildman–Crippen MR) is 74.6 cm³/mol. The van der Waals surface area contributed by atoms with E-state index in [9.17, 15) is 0 Å². The second-order valence-electron chi connectivity index (χ2n) is 4.57. The first-order valence-electron chi connectivity index (χ1n) is 6.99. The van der Waals surface area contributed by atoms with Crippen molar-refractivity contribution in [3.05, 3.63) is 12.2 Å². The molecule has 0 aliphatic rings. The molecule has 0 aromatic carbocycles. The van der Waals surface area contributed by atoms with Gasteiger partial charge in [0.15, 0.2) is 0 Å². The van der Waals surface area contributed by atoms with Crippen LogP contribution in [0.4, 0.5) is 0 Å². The molecular weight excluding hydrogens is 226 g/mol. The first kappa shape index (κ1) is 15.1. The summed E-state index contributed by atoms with van der Waals surface area (Å²) in [6.45, 7) is 11.0. The van der Waals surface area contributed by atoms with E-state index >= 15 is 0 Å². The van der Waals surface area contributed by atoms with Crippen LogP contribution >= 0.6 is 0 Å². The lowest BCUT2D eigenvalue weighted by atomic mass is 10.1. The van der Waals surface area contributed by atoms with Gasteiger partial charge < -0.3 is 10.2 Å². The van der Waals surface area contributed by atoms with Gasteiger partial charge in [-0.05, 0) is 32.6 Å². The van der Waals surface area contributed by atoms with Crippen LogP contribution in [0.3, 0.4) is 0 Å². The molecule has 5 nitrogen and oxygen atoms in total. The van der Waals surface area contributed by atoms with Crippen LogP contribution in [0.15, 0.2) is 6.33 Å². The van der Waals surface area contributed by atoms with Gasteiger partial charge in [0.1, 0.15) is 12.2 Å². The number of rotatable bonds is 9. The van der Waals surface area contributed by atoms with Gasteiger partial charge in [-0.3, -0.25) is 4.68 Å². The number of likely N-dealkylation sites (N-methyl/N-ethyl adjacent to an activating group) is 1. The highest BCUT2D eigenvalue weighted by molar-refractivity contribution is 4.89. The topological polar surface area (TPSA) is 46.0 Å². The maximum Gasteiger partial charge on any atom is 0.138 e. The molecule has 1 atom stereocenters. The first-order valence-corrected chi connectivity index (χ1v) is 6.99. The molecule has 1 rings (SSSR count). The van der Waals surface area contributed by atoms with Crippen LogP contribution < -0.4 is 5.32 Å². The predicted octanol–water partition coefficient (Wildman–Crippen LogP) is 1.07. The van der Waals surface area contributed by atoms with E-state index in [4.69, 9.17) is 0 Å². The minimum absolute atomic E-state index is 0.485. The summed E-state index contributed by atoms with van der Waals surface area (Å²) in [5.41, 5.74) is 0. The minimum Gasteiger partial charge on any atom is -0.314 e. The molecule has 1 aromatic rings. The number of hydrogen-bond donors (Lipinski definition) is 1. The molecule has 1 N–H and O–H groups in total. The molecule has 1 heterocycles. The lowest BCUT2D eigenvalue weighted by Gasteiger charge is -2.23. The molecule has 1 aromatic heterocycles. The zero-order valence-electron chi connectivity index (χ0n) is 12.2. The van der Waals surface area contributed by atoms with E-state index in [0.29, 0.717) is 6.04 Å². The Balaban J connectivity index is 2.47. The van der Waals surface area contributed by atoms with Crippen LogP contribution in [0.5, 0.6) is 0 Å². The van der Waals surface area contributed by atoms with E-state index in [2.05, 4.69) is 41.1 Å². The average molecular weight is 253 g/mol. The Hall–Kier alpha value is -0.940. The Morgan fingerprint density at radius 2 is 2.06 bits per heavy atom. The Kier molecular flexibility index (Phi) is 6.90. The molecule has 0 fully saturated rings. The third kappa shape index (κ3) is 4.74. The molecule has 0 spiro atoms. The van der Waals surface area contributed by atoms with E-state index in [-0.39, 0.29) is 0 Å². The summed E-state index contributed by atoms with van der Waals surface area (Å²) in [5, 5.41) is 7.67. The third-order valence-electron chi connectivity index (χ3n) is 3.42. The molecule has 0 aliphatic heterocycles. The fourth-order valence-electron chi connectivity index (χ4n) is 2.17. The van der Waals surface area contributed by atoms with E-state index < -0.39 is 0 Å². The van der Waals surface area contributed by atoms with Crippen LogP contribution in [0, 0.1) is 0 Å². The quantitative estimate of drug-likeness (QED) is 0.715. The molecular formula is C13H27N5. The van der Waals surface area contributed by atoms with Crippen molar-refractivity contribution >= 4 is 0 Å². The molecule has 0 aliphatic carbocycles. The van der Waals surface area contributed by atoms with Crippen molar-refractivity contribution in [1.82, 2.24) is 25.0 Å². The van der Waals surface area contributed by atoms with Crippen LogP contribution in [-0.4, -0.2) is 51.9 Å². The SMILES string of the molecule is CCNC(CCN(CC)CC)Cc1ncnn1C. The summed E-state index contributed by atoms with van der Waals surface area (Å²) < 4.78 is 1.86. The fraction of sp³-hybridized carbons (Fsp3) is 0.846. The molecule has 104 valence electrons. The molecule has 0 radical (unpaired) electrons. The van der Waals surface area contributed by atoms with Gasteiger partial charge in [-0.1, -0.05) is 20.8 Å². The molecule has 1 unspecified atom stereocenters. The normalized spacial score (nSPS) is 13.2. The largest absolute Gasteiger partial charge is 0.314 e. The fourth-order valence-corrected chi connectivity index (χ4v) is 2.17. The highest BCUT2D eigenvalue weighted by Gasteiger charge is 2.13. The lowest BCUT2D eigenvalue weighted by molar-refractivity contribution is 0.280. The minimum atomic E-state index is 0.485. The Bertz CT molecular complexity index is 319. The van der Waals surface area contributed by atoms with Crippen molar-refractivity contribution in [1.29, 1.82) is 0 Å². The lowest BCUT2D eigenvalue weighted by Crippen LogP contribution is -2.36. The maximum atomic E-state index is 4.30. The first-order chi connectivity index (χ1) is 8.71. The highest BCUT2D eigenvalue weighted by atomic mass is 15.3. The van der Waals surface area contributed by atoms with E-state index in [0.717, 1.165) is 44.8 Å². The molecule has 5 heteroatoms. The summed E-state index contributed by atoms with van der Waals surface area (Å²) in [4.78, 5) is 6.76. The monoisotopic (exact) mass is 253 g/mol. The summed E-state index contributed by atoms with van der Waals surface area (Å²) in [7, 11) is 1.95. The number of aromatic nitrogens is 3. The third-order valence-corrected chi connectivity index (χ3v) is 3.42. The van der Waals surface area contributed by atoms with Gasteiger partial charge in [-0.15, -0.1) is 0 Å². The Morgan fingerprint density at radius 3 is 2.56 bits per heavy atom. The Labute approximate surface area is 111 Å². The number of nitrogens with one attached hydrogen (secondary N) is 1. The standard InChI is InChI=1S/C13H27N5/c1-5-14-12(8-9-18(6-2)7-3)10-13-15-11-16-17(13)4/h11-12,14H,5-10H2,1-4H3. The molecule has 0 saturated heterocycles. The van der Waals surface area contributed by atoms with Crippen molar-refractivity contribution in [2.24, 2.45) is 7.05 Å². The van der Waals surface area contributed by atoms with E-state index in [1.54, 1.807) is 6.33 Å². The number of hydrogen-bond acceptors (Lipinski definition) is 4. The molecule has 0 saturated carbocycles. The van der Waals surface area contributed by atoms with Gasteiger partial charge in [0, 0.05) is 19.5 Å². The molecule has 18 heavy (non-hydrogen) atoms. The van der Waals surface area contributed by atoms with Gasteiger partial charge >= 0.3 is 0 Å². The van der Waals surface area contributed by atoms with Crippen LogP contribution in [0.2, 0.25) is 0 Å². The van der Waals surface area contributed by atoms with E-state index in [1.807, 2.05) is 11.7 Å². The molecule has 0 bridgehead atoms. The van der Waals surface area contributed by atoms with Crippen molar-refractivity contribution in [2.45, 2.75) is 39.7 Å². The second kappa shape index (κ2) is 8.21. The molecule has 0 amide bonds. The van der Waals surface area contributed by atoms with Gasteiger partial charge in [0.2, 0.25) is 0 Å². The summed E-state index contributed by atoms with van der Waals surface area (Å²) in [5.74, 6) is 1.06. The van der Waals surface area contributed by atoms with Crippen molar-refractivity contribution in [3.8, 4) is 0 Å². The van der Waals surface area contributed by atoms with Crippen LogP contribution in [-0.2, 0) is 13.5 Å². The summed E-state index contributed by atoms with van der Waals surface area (Å²) >= 11 is 0. The Morgan fingerprint density at radius 1 is 1.33 bits per heavy atom. The van der Waals surface area contributed by atoms with Crippen molar-refractivity contribution < 1.29 is 0 Å². The highest BCUT2D eigenvalue weighted by Crippen LogP contribution is 2.04. The summed E-state index contributed by atoms with van der Waals surface area (Å²) in [6.07, 6.45) is 3.73. The van der Waals surface area contributed by atoms with Crippen molar-refractivity contribution in [3.63, 3.8) is 0 Å². The zero-order chi connectivity index (χ0) is 13.4.